The van der Waals surface area contributed by atoms with E-state index in [0.717, 1.165) is 0 Å². The molecule has 21 heavy (non-hydrogen) atoms. The second-order valence-electron chi connectivity index (χ2n) is 4.88. The van der Waals surface area contributed by atoms with E-state index >= 15 is 0 Å². The van der Waals surface area contributed by atoms with Gasteiger partial charge in [-0.1, -0.05) is 6.92 Å². The van der Waals surface area contributed by atoms with Crippen molar-refractivity contribution in [1.29, 1.82) is 0 Å². The van der Waals surface area contributed by atoms with Crippen LogP contribution < -0.4 is 0 Å². The predicted octanol–water partition coefficient (Wildman–Crippen LogP) is 3.50. The third kappa shape index (κ3) is 4.62. The van der Waals surface area contributed by atoms with E-state index < -0.39 is 30.8 Å². The van der Waals surface area contributed by atoms with Crippen LogP contribution >= 0.6 is 0 Å². The van der Waals surface area contributed by atoms with Crippen LogP contribution in [0.4, 0.5) is 26.3 Å². The smallest absolute Gasteiger partial charge is 0.392 e. The van der Waals surface area contributed by atoms with Crippen LogP contribution in [0, 0.1) is 5.92 Å². The van der Waals surface area contributed by atoms with Crippen LogP contribution in [0.15, 0.2) is 12.3 Å². The Labute approximate surface area is 117 Å². The van der Waals surface area contributed by atoms with Gasteiger partial charge in [0.25, 0.3) is 0 Å². The predicted molar refractivity (Wildman–Crippen MR) is 62.5 cm³/mol. The summed E-state index contributed by atoms with van der Waals surface area (Å²) in [5.74, 6) is -3.78. The standard InChI is InChI=1S/C12H16F6N2O/c1-3-7(2)20-5-4-8(19-20)6-9(21)10(11(13,14)15)12(16,17)18/h4-5,7,9-10,21H,3,6H2,1-2H3. The van der Waals surface area contributed by atoms with Gasteiger partial charge in [-0.05, 0) is 19.4 Å². The van der Waals surface area contributed by atoms with E-state index in [0.29, 0.717) is 6.42 Å². The highest BCUT2D eigenvalue weighted by molar-refractivity contribution is 5.03. The number of alkyl halides is 6. The first-order valence-electron chi connectivity index (χ1n) is 6.32. The van der Waals surface area contributed by atoms with Crippen molar-refractivity contribution in [3.05, 3.63) is 18.0 Å². The molecule has 0 aromatic carbocycles. The van der Waals surface area contributed by atoms with E-state index in [1.54, 1.807) is 6.92 Å². The average Bonchev–Trinajstić information content (AvgIpc) is 2.72. The summed E-state index contributed by atoms with van der Waals surface area (Å²) in [6.45, 7) is 3.67. The zero-order valence-electron chi connectivity index (χ0n) is 11.4. The SMILES string of the molecule is CCC(C)n1ccc(CC(O)C(C(F)(F)F)C(F)(F)F)n1. The van der Waals surface area contributed by atoms with E-state index in [4.69, 9.17) is 0 Å². The van der Waals surface area contributed by atoms with Crippen LogP contribution in [0.3, 0.4) is 0 Å². The van der Waals surface area contributed by atoms with E-state index in [-0.39, 0.29) is 11.7 Å². The van der Waals surface area contributed by atoms with Crippen molar-refractivity contribution in [3.8, 4) is 0 Å². The Morgan fingerprint density at radius 3 is 2.14 bits per heavy atom. The van der Waals surface area contributed by atoms with Gasteiger partial charge in [-0.2, -0.15) is 31.4 Å². The molecular weight excluding hydrogens is 302 g/mol. The molecule has 1 rings (SSSR count). The van der Waals surface area contributed by atoms with Gasteiger partial charge in [0.1, 0.15) is 0 Å². The number of halogens is 6. The minimum Gasteiger partial charge on any atom is -0.392 e. The topological polar surface area (TPSA) is 38.0 Å². The summed E-state index contributed by atoms with van der Waals surface area (Å²) < 4.78 is 76.2. The Hall–Kier alpha value is -1.25. The first-order valence-corrected chi connectivity index (χ1v) is 6.32. The Kier molecular flexibility index (Phi) is 5.30. The highest BCUT2D eigenvalue weighted by Gasteiger charge is 2.60. The molecule has 0 fully saturated rings. The maximum Gasteiger partial charge on any atom is 0.403 e. The Morgan fingerprint density at radius 1 is 1.19 bits per heavy atom. The molecule has 0 saturated carbocycles. The Morgan fingerprint density at radius 2 is 1.71 bits per heavy atom. The van der Waals surface area contributed by atoms with Gasteiger partial charge >= 0.3 is 12.4 Å². The molecule has 0 amide bonds. The van der Waals surface area contributed by atoms with Gasteiger partial charge < -0.3 is 5.11 Å². The lowest BCUT2D eigenvalue weighted by Gasteiger charge is -2.26. The lowest BCUT2D eigenvalue weighted by molar-refractivity contribution is -0.305. The maximum atomic E-state index is 12.5. The van der Waals surface area contributed by atoms with Crippen LogP contribution in [-0.4, -0.2) is 33.3 Å². The molecular formula is C12H16F6N2O. The van der Waals surface area contributed by atoms with E-state index in [9.17, 15) is 31.4 Å². The summed E-state index contributed by atoms with van der Waals surface area (Å²) >= 11 is 0. The van der Waals surface area contributed by atoms with Gasteiger partial charge in [-0.15, -0.1) is 0 Å². The van der Waals surface area contributed by atoms with Crippen LogP contribution in [0.5, 0.6) is 0 Å². The van der Waals surface area contributed by atoms with E-state index in [1.165, 1.54) is 16.9 Å². The van der Waals surface area contributed by atoms with Crippen LogP contribution in [0.25, 0.3) is 0 Å². The molecule has 1 aromatic heterocycles. The second kappa shape index (κ2) is 6.25. The minimum absolute atomic E-state index is 0.0127. The van der Waals surface area contributed by atoms with Gasteiger partial charge in [-0.3, -0.25) is 4.68 Å². The van der Waals surface area contributed by atoms with Gasteiger partial charge in [0, 0.05) is 18.7 Å². The molecule has 1 N–H and O–H groups in total. The van der Waals surface area contributed by atoms with Crippen molar-refractivity contribution in [2.24, 2.45) is 5.92 Å². The van der Waals surface area contributed by atoms with Crippen LogP contribution in [0.2, 0.25) is 0 Å². The van der Waals surface area contributed by atoms with E-state index in [1.807, 2.05) is 6.92 Å². The summed E-state index contributed by atoms with van der Waals surface area (Å²) in [4.78, 5) is 0. The van der Waals surface area contributed by atoms with E-state index in [2.05, 4.69) is 5.10 Å². The summed E-state index contributed by atoms with van der Waals surface area (Å²) in [7, 11) is 0. The molecule has 1 aromatic rings. The number of aliphatic hydroxyl groups is 1. The molecule has 0 aliphatic carbocycles. The number of aliphatic hydroxyl groups excluding tert-OH is 1. The number of nitrogens with zero attached hydrogens (tertiary/aromatic N) is 2. The molecule has 0 radical (unpaired) electrons. The molecule has 0 spiro atoms. The molecule has 1 heterocycles. The molecule has 9 heteroatoms. The largest absolute Gasteiger partial charge is 0.403 e. The Balaban J connectivity index is 2.87. The lowest BCUT2D eigenvalue weighted by Crippen LogP contribution is -2.45. The maximum absolute atomic E-state index is 12.5. The fourth-order valence-electron chi connectivity index (χ4n) is 1.87. The number of hydrogen-bond acceptors (Lipinski definition) is 2. The van der Waals surface area contributed by atoms with Gasteiger partial charge in [0.2, 0.25) is 0 Å². The summed E-state index contributed by atoms with van der Waals surface area (Å²) in [5.41, 5.74) is -0.0127. The van der Waals surface area contributed by atoms with Gasteiger partial charge in [0.05, 0.1) is 11.8 Å². The van der Waals surface area contributed by atoms with Gasteiger partial charge in [0.15, 0.2) is 5.92 Å². The molecule has 3 nitrogen and oxygen atoms in total. The summed E-state index contributed by atoms with van der Waals surface area (Å²) in [6, 6.07) is 1.27. The highest BCUT2D eigenvalue weighted by Crippen LogP contribution is 2.42. The fraction of sp³-hybridized carbons (Fsp3) is 0.750. The zero-order chi connectivity index (χ0) is 16.4. The number of aromatic nitrogens is 2. The summed E-state index contributed by atoms with van der Waals surface area (Å²) in [5, 5.41) is 13.2. The van der Waals surface area contributed by atoms with Crippen LogP contribution in [0.1, 0.15) is 32.0 Å². The Bertz CT molecular complexity index is 439. The molecule has 2 atom stereocenters. The second-order valence-corrected chi connectivity index (χ2v) is 4.88. The quantitative estimate of drug-likeness (QED) is 0.844. The normalized spacial score (nSPS) is 16.3. The monoisotopic (exact) mass is 318 g/mol. The lowest BCUT2D eigenvalue weighted by atomic mass is 9.97. The first-order chi connectivity index (χ1) is 9.46. The van der Waals surface area contributed by atoms with Crippen LogP contribution in [-0.2, 0) is 6.42 Å². The average molecular weight is 318 g/mol. The molecule has 0 saturated heterocycles. The molecule has 0 aliphatic heterocycles. The molecule has 2 unspecified atom stereocenters. The fourth-order valence-corrected chi connectivity index (χ4v) is 1.87. The number of rotatable bonds is 5. The van der Waals surface area contributed by atoms with Crippen molar-refractivity contribution in [2.45, 2.75) is 51.2 Å². The van der Waals surface area contributed by atoms with Crippen molar-refractivity contribution in [1.82, 2.24) is 9.78 Å². The third-order valence-corrected chi connectivity index (χ3v) is 3.21. The zero-order valence-corrected chi connectivity index (χ0v) is 11.4. The molecule has 0 aliphatic rings. The summed E-state index contributed by atoms with van der Waals surface area (Å²) in [6.07, 6.45) is -12.4. The molecule has 0 bridgehead atoms. The van der Waals surface area contributed by atoms with Gasteiger partial charge in [-0.25, -0.2) is 0 Å². The van der Waals surface area contributed by atoms with Crippen molar-refractivity contribution in [3.63, 3.8) is 0 Å². The molecule has 122 valence electrons. The van der Waals surface area contributed by atoms with Crippen molar-refractivity contribution >= 4 is 0 Å². The first kappa shape index (κ1) is 17.8. The highest BCUT2D eigenvalue weighted by atomic mass is 19.4. The third-order valence-electron chi connectivity index (χ3n) is 3.21. The van der Waals surface area contributed by atoms with Crippen molar-refractivity contribution < 1.29 is 31.4 Å². The van der Waals surface area contributed by atoms with Crippen molar-refractivity contribution in [2.75, 3.05) is 0 Å². The minimum atomic E-state index is -5.56. The number of hydrogen-bond donors (Lipinski definition) is 1.